The molecule has 0 spiro atoms. The maximum Gasteiger partial charge on any atom is 0.305 e. The third-order valence-corrected chi connectivity index (χ3v) is 3.36. The van der Waals surface area contributed by atoms with Gasteiger partial charge in [0.15, 0.2) is 0 Å². The van der Waals surface area contributed by atoms with Crippen molar-refractivity contribution >= 4 is 11.9 Å². The lowest BCUT2D eigenvalue weighted by molar-refractivity contribution is -0.137. The average Bonchev–Trinajstić information content (AvgIpc) is 3.01. The number of amides is 1. The van der Waals surface area contributed by atoms with Gasteiger partial charge in [-0.25, -0.2) is 0 Å². The number of nitrogens with zero attached hydrogens (tertiary/aromatic N) is 4. The van der Waals surface area contributed by atoms with Crippen molar-refractivity contribution in [2.75, 3.05) is 6.54 Å². The molecule has 0 aliphatic carbocycles. The van der Waals surface area contributed by atoms with Gasteiger partial charge in [0.2, 0.25) is 0 Å². The number of carboxylic acids is 1. The molecule has 23 heavy (non-hydrogen) atoms. The van der Waals surface area contributed by atoms with E-state index in [-0.39, 0.29) is 24.9 Å². The standard InChI is InChI=1S/C16H20N4O3/c1-12(2)20-11-14(9-18-20)16(23)19(7-5-15(21)22)10-13-4-3-6-17-8-13/h3-4,6,8-9,11-12H,5,7,10H2,1-2H3,(H,21,22). The second-order valence-electron chi connectivity index (χ2n) is 5.53. The molecule has 0 atom stereocenters. The normalized spacial score (nSPS) is 10.7. The molecule has 0 saturated carbocycles. The van der Waals surface area contributed by atoms with Crippen LogP contribution in [0.5, 0.6) is 0 Å². The molecule has 2 aromatic rings. The first-order chi connectivity index (χ1) is 11.0. The van der Waals surface area contributed by atoms with E-state index in [0.717, 1.165) is 5.56 Å². The van der Waals surface area contributed by atoms with E-state index in [1.54, 1.807) is 29.3 Å². The van der Waals surface area contributed by atoms with E-state index in [0.29, 0.717) is 12.1 Å². The van der Waals surface area contributed by atoms with Gasteiger partial charge in [-0.3, -0.25) is 19.3 Å². The molecule has 1 amide bonds. The van der Waals surface area contributed by atoms with Gasteiger partial charge < -0.3 is 10.0 Å². The van der Waals surface area contributed by atoms with Gasteiger partial charge in [0.25, 0.3) is 5.91 Å². The first-order valence-electron chi connectivity index (χ1n) is 7.41. The van der Waals surface area contributed by atoms with E-state index in [9.17, 15) is 9.59 Å². The fourth-order valence-electron chi connectivity index (χ4n) is 2.11. The molecule has 2 aromatic heterocycles. The molecule has 122 valence electrons. The van der Waals surface area contributed by atoms with E-state index < -0.39 is 5.97 Å². The summed E-state index contributed by atoms with van der Waals surface area (Å²) >= 11 is 0. The van der Waals surface area contributed by atoms with Gasteiger partial charge in [-0.15, -0.1) is 0 Å². The Labute approximate surface area is 134 Å². The Hall–Kier alpha value is -2.70. The lowest BCUT2D eigenvalue weighted by Gasteiger charge is -2.21. The van der Waals surface area contributed by atoms with Crippen molar-refractivity contribution in [3.05, 3.63) is 48.0 Å². The van der Waals surface area contributed by atoms with Crippen LogP contribution in [-0.4, -0.2) is 43.2 Å². The second-order valence-corrected chi connectivity index (χ2v) is 5.53. The van der Waals surface area contributed by atoms with Crippen molar-refractivity contribution in [2.45, 2.75) is 32.9 Å². The van der Waals surface area contributed by atoms with E-state index in [1.165, 1.54) is 11.1 Å². The smallest absolute Gasteiger partial charge is 0.305 e. The summed E-state index contributed by atoms with van der Waals surface area (Å²) in [5.41, 5.74) is 1.30. The van der Waals surface area contributed by atoms with Crippen LogP contribution in [0.25, 0.3) is 0 Å². The van der Waals surface area contributed by atoms with Crippen molar-refractivity contribution in [1.29, 1.82) is 0 Å². The lowest BCUT2D eigenvalue weighted by atomic mass is 10.2. The highest BCUT2D eigenvalue weighted by atomic mass is 16.4. The minimum Gasteiger partial charge on any atom is -0.481 e. The minimum atomic E-state index is -0.938. The Morgan fingerprint density at radius 3 is 2.70 bits per heavy atom. The molecule has 7 nitrogen and oxygen atoms in total. The first kappa shape index (κ1) is 16.7. The summed E-state index contributed by atoms with van der Waals surface area (Å²) < 4.78 is 1.70. The number of carbonyl (C=O) groups excluding carboxylic acids is 1. The molecule has 0 aliphatic rings. The number of aliphatic carboxylic acids is 1. The van der Waals surface area contributed by atoms with Crippen molar-refractivity contribution in [3.63, 3.8) is 0 Å². The molecular formula is C16H20N4O3. The van der Waals surface area contributed by atoms with Gasteiger partial charge in [0, 0.05) is 37.7 Å². The van der Waals surface area contributed by atoms with Crippen molar-refractivity contribution in [1.82, 2.24) is 19.7 Å². The van der Waals surface area contributed by atoms with Gasteiger partial charge in [0.05, 0.1) is 18.2 Å². The molecule has 0 aliphatic heterocycles. The quantitative estimate of drug-likeness (QED) is 0.843. The summed E-state index contributed by atoms with van der Waals surface area (Å²) in [6.45, 7) is 4.39. The minimum absolute atomic E-state index is 0.107. The predicted octanol–water partition coefficient (Wildman–Crippen LogP) is 1.98. The van der Waals surface area contributed by atoms with Crippen LogP contribution in [0.3, 0.4) is 0 Å². The number of carbonyl (C=O) groups is 2. The van der Waals surface area contributed by atoms with Crippen LogP contribution in [-0.2, 0) is 11.3 Å². The molecule has 0 bridgehead atoms. The monoisotopic (exact) mass is 316 g/mol. The molecule has 0 saturated heterocycles. The van der Waals surface area contributed by atoms with Crippen LogP contribution in [0.4, 0.5) is 0 Å². The lowest BCUT2D eigenvalue weighted by Crippen LogP contribution is -2.32. The van der Waals surface area contributed by atoms with Gasteiger partial charge in [-0.05, 0) is 25.5 Å². The molecule has 2 rings (SSSR count). The maximum absolute atomic E-state index is 12.7. The highest BCUT2D eigenvalue weighted by Crippen LogP contribution is 2.12. The predicted molar refractivity (Wildman–Crippen MR) is 83.8 cm³/mol. The number of carboxylic acid groups (broad SMARTS) is 1. The number of pyridine rings is 1. The molecule has 0 fully saturated rings. The van der Waals surface area contributed by atoms with Crippen LogP contribution in [0.1, 0.15) is 42.2 Å². The van der Waals surface area contributed by atoms with Crippen LogP contribution < -0.4 is 0 Å². The van der Waals surface area contributed by atoms with Crippen LogP contribution in [0, 0.1) is 0 Å². The Morgan fingerprint density at radius 2 is 2.13 bits per heavy atom. The maximum atomic E-state index is 12.7. The largest absolute Gasteiger partial charge is 0.481 e. The molecule has 7 heteroatoms. The fourth-order valence-corrected chi connectivity index (χ4v) is 2.11. The highest BCUT2D eigenvalue weighted by Gasteiger charge is 2.19. The summed E-state index contributed by atoms with van der Waals surface area (Å²) in [5, 5.41) is 13.1. The summed E-state index contributed by atoms with van der Waals surface area (Å²) in [5.74, 6) is -1.17. The number of hydrogen-bond donors (Lipinski definition) is 1. The van der Waals surface area contributed by atoms with Crippen molar-refractivity contribution in [3.8, 4) is 0 Å². The highest BCUT2D eigenvalue weighted by molar-refractivity contribution is 5.93. The number of aromatic nitrogens is 3. The Morgan fingerprint density at radius 1 is 1.35 bits per heavy atom. The van der Waals surface area contributed by atoms with Crippen LogP contribution in [0.15, 0.2) is 36.9 Å². The molecule has 0 unspecified atom stereocenters. The SMILES string of the molecule is CC(C)n1cc(C(=O)N(CCC(=O)O)Cc2cccnc2)cn1. The summed E-state index contributed by atoms with van der Waals surface area (Å²) in [7, 11) is 0. The number of rotatable bonds is 7. The first-order valence-corrected chi connectivity index (χ1v) is 7.41. The summed E-state index contributed by atoms with van der Waals surface area (Å²) in [6, 6.07) is 3.79. The van der Waals surface area contributed by atoms with Gasteiger partial charge in [0.1, 0.15) is 0 Å². The Kier molecular flexibility index (Phi) is 5.46. The van der Waals surface area contributed by atoms with Crippen molar-refractivity contribution in [2.24, 2.45) is 0 Å². The van der Waals surface area contributed by atoms with Gasteiger partial charge >= 0.3 is 5.97 Å². The third kappa shape index (κ3) is 4.64. The molecular weight excluding hydrogens is 296 g/mol. The summed E-state index contributed by atoms with van der Waals surface area (Å²) in [6.07, 6.45) is 6.41. The molecule has 0 radical (unpaired) electrons. The topological polar surface area (TPSA) is 88.3 Å². The zero-order valence-electron chi connectivity index (χ0n) is 13.2. The zero-order chi connectivity index (χ0) is 16.8. The van der Waals surface area contributed by atoms with Crippen molar-refractivity contribution < 1.29 is 14.7 Å². The van der Waals surface area contributed by atoms with E-state index in [1.807, 2.05) is 19.9 Å². The van der Waals surface area contributed by atoms with Crippen LogP contribution >= 0.6 is 0 Å². The van der Waals surface area contributed by atoms with E-state index in [4.69, 9.17) is 5.11 Å². The van der Waals surface area contributed by atoms with E-state index >= 15 is 0 Å². The number of hydrogen-bond acceptors (Lipinski definition) is 4. The molecule has 0 aromatic carbocycles. The van der Waals surface area contributed by atoms with Crippen LogP contribution in [0.2, 0.25) is 0 Å². The summed E-state index contributed by atoms with van der Waals surface area (Å²) in [4.78, 5) is 29.0. The van der Waals surface area contributed by atoms with Gasteiger partial charge in [-0.2, -0.15) is 5.10 Å². The van der Waals surface area contributed by atoms with Gasteiger partial charge in [-0.1, -0.05) is 6.07 Å². The molecule has 2 heterocycles. The zero-order valence-corrected chi connectivity index (χ0v) is 13.2. The molecule has 1 N–H and O–H groups in total. The third-order valence-electron chi connectivity index (χ3n) is 3.36. The van der Waals surface area contributed by atoms with E-state index in [2.05, 4.69) is 10.1 Å². The fraction of sp³-hybridized carbons (Fsp3) is 0.375. The second kappa shape index (κ2) is 7.53. The Balaban J connectivity index is 2.17. The Bertz CT molecular complexity index is 667. The average molecular weight is 316 g/mol.